The molecule has 26 heavy (non-hydrogen) atoms. The number of amides is 2. The molecule has 1 aromatic heterocycles. The van der Waals surface area contributed by atoms with Crippen molar-refractivity contribution in [3.63, 3.8) is 0 Å². The van der Waals surface area contributed by atoms with E-state index in [9.17, 15) is 9.59 Å². The molecule has 3 heterocycles. The van der Waals surface area contributed by atoms with E-state index in [2.05, 4.69) is 18.8 Å². The second-order valence-corrected chi connectivity index (χ2v) is 8.00. The Balaban J connectivity index is 1.50. The van der Waals surface area contributed by atoms with E-state index in [1.54, 1.807) is 6.20 Å². The third-order valence-electron chi connectivity index (χ3n) is 5.44. The second-order valence-electron chi connectivity index (χ2n) is 7.01. The van der Waals surface area contributed by atoms with Crippen LogP contribution in [0.5, 0.6) is 0 Å². The van der Waals surface area contributed by atoms with Crippen LogP contribution in [0.25, 0.3) is 0 Å². The summed E-state index contributed by atoms with van der Waals surface area (Å²) < 4.78 is 5.31. The Morgan fingerprint density at radius 1 is 1.38 bits per heavy atom. The van der Waals surface area contributed by atoms with Crippen LogP contribution in [0.3, 0.4) is 0 Å². The summed E-state index contributed by atoms with van der Waals surface area (Å²) in [5.74, 6) is 0.973. The van der Waals surface area contributed by atoms with Gasteiger partial charge in [0.05, 0.1) is 16.8 Å². The van der Waals surface area contributed by atoms with Crippen molar-refractivity contribution in [3.8, 4) is 0 Å². The van der Waals surface area contributed by atoms with Crippen molar-refractivity contribution in [2.45, 2.75) is 50.2 Å². The van der Waals surface area contributed by atoms with Gasteiger partial charge in [-0.2, -0.15) is 0 Å². The molecule has 1 aromatic rings. The van der Waals surface area contributed by atoms with Crippen LogP contribution in [0.4, 0.5) is 4.79 Å². The summed E-state index contributed by atoms with van der Waals surface area (Å²) in [5, 5.41) is 0.868. The highest BCUT2D eigenvalue weighted by molar-refractivity contribution is 7.99. The molecular weight excluding hydrogens is 350 g/mol. The molecular formula is C19H27N3O3S. The third kappa shape index (κ3) is 4.31. The minimum Gasteiger partial charge on any atom is -0.447 e. The summed E-state index contributed by atoms with van der Waals surface area (Å²) in [5.41, 5.74) is 0. The maximum absolute atomic E-state index is 12.5. The first-order valence-electron chi connectivity index (χ1n) is 9.36. The maximum atomic E-state index is 12.5. The summed E-state index contributed by atoms with van der Waals surface area (Å²) in [7, 11) is 0. The van der Waals surface area contributed by atoms with E-state index in [-0.39, 0.29) is 24.1 Å². The number of carbonyl (C=O) groups is 2. The van der Waals surface area contributed by atoms with Crippen LogP contribution in [0.2, 0.25) is 0 Å². The van der Waals surface area contributed by atoms with Crippen LogP contribution in [-0.2, 0) is 9.53 Å². The lowest BCUT2D eigenvalue weighted by atomic mass is 9.95. The number of thioether (sulfide) groups is 1. The van der Waals surface area contributed by atoms with Crippen LogP contribution in [0.1, 0.15) is 33.1 Å². The van der Waals surface area contributed by atoms with Crippen molar-refractivity contribution in [1.29, 1.82) is 0 Å². The molecule has 2 amide bonds. The van der Waals surface area contributed by atoms with Gasteiger partial charge in [0.15, 0.2) is 0 Å². The summed E-state index contributed by atoms with van der Waals surface area (Å²) in [6.07, 6.45) is 4.22. The molecule has 2 saturated heterocycles. The van der Waals surface area contributed by atoms with Crippen molar-refractivity contribution in [3.05, 3.63) is 24.4 Å². The van der Waals surface area contributed by atoms with E-state index in [1.807, 2.05) is 28.0 Å². The Hall–Kier alpha value is -1.76. The highest BCUT2D eigenvalue weighted by Gasteiger charge is 2.41. The number of piperidine rings is 1. The normalized spacial score (nSPS) is 22.4. The number of rotatable bonds is 6. The zero-order chi connectivity index (χ0) is 18.5. The van der Waals surface area contributed by atoms with Gasteiger partial charge < -0.3 is 9.64 Å². The second kappa shape index (κ2) is 8.75. The fraction of sp³-hybridized carbons (Fsp3) is 0.632. The third-order valence-corrected chi connectivity index (χ3v) is 6.37. The van der Waals surface area contributed by atoms with Crippen LogP contribution < -0.4 is 0 Å². The smallest absolute Gasteiger partial charge is 0.410 e. The highest BCUT2D eigenvalue weighted by atomic mass is 32.2. The Morgan fingerprint density at radius 2 is 2.15 bits per heavy atom. The number of carbonyl (C=O) groups excluding carboxylic acids is 2. The SMILES string of the molecule is CCC(C)C1COC(=O)N1C1CCN(C(=O)CSc2ccccn2)CC1. The predicted octanol–water partition coefficient (Wildman–Crippen LogP) is 3.03. The highest BCUT2D eigenvalue weighted by Crippen LogP contribution is 2.29. The van der Waals surface area contributed by atoms with Crippen molar-refractivity contribution in [2.75, 3.05) is 25.4 Å². The van der Waals surface area contributed by atoms with Crippen molar-refractivity contribution < 1.29 is 14.3 Å². The molecule has 7 heteroatoms. The Bertz CT molecular complexity index is 620. The van der Waals surface area contributed by atoms with E-state index in [1.165, 1.54) is 11.8 Å². The number of ether oxygens (including phenoxy) is 1. The van der Waals surface area contributed by atoms with Crippen molar-refractivity contribution >= 4 is 23.8 Å². The zero-order valence-corrected chi connectivity index (χ0v) is 16.3. The fourth-order valence-electron chi connectivity index (χ4n) is 3.63. The summed E-state index contributed by atoms with van der Waals surface area (Å²) in [6.45, 7) is 6.21. The lowest BCUT2D eigenvalue weighted by Crippen LogP contribution is -2.51. The molecule has 6 nitrogen and oxygen atoms in total. The van der Waals surface area contributed by atoms with Crippen LogP contribution >= 0.6 is 11.8 Å². The first-order valence-corrected chi connectivity index (χ1v) is 10.4. The average molecular weight is 378 g/mol. The number of likely N-dealkylation sites (tertiary alicyclic amines) is 1. The number of pyridine rings is 1. The Labute approximate surface area is 159 Å². The molecule has 0 aliphatic carbocycles. The first-order chi connectivity index (χ1) is 12.6. The number of hydrogen-bond acceptors (Lipinski definition) is 5. The maximum Gasteiger partial charge on any atom is 0.410 e. The van der Waals surface area contributed by atoms with Gasteiger partial charge in [-0.25, -0.2) is 9.78 Å². The van der Waals surface area contributed by atoms with E-state index < -0.39 is 0 Å². The minimum atomic E-state index is -0.189. The van der Waals surface area contributed by atoms with Gasteiger partial charge in [0, 0.05) is 25.3 Å². The van der Waals surface area contributed by atoms with Gasteiger partial charge in [-0.15, -0.1) is 0 Å². The van der Waals surface area contributed by atoms with Crippen LogP contribution in [0, 0.1) is 5.92 Å². The van der Waals surface area contributed by atoms with Gasteiger partial charge in [0.25, 0.3) is 0 Å². The zero-order valence-electron chi connectivity index (χ0n) is 15.5. The molecule has 0 aromatic carbocycles. The van der Waals surface area contributed by atoms with Gasteiger partial charge in [0.1, 0.15) is 6.61 Å². The summed E-state index contributed by atoms with van der Waals surface area (Å²) >= 11 is 1.47. The lowest BCUT2D eigenvalue weighted by molar-refractivity contribution is -0.129. The molecule has 0 N–H and O–H groups in total. The quantitative estimate of drug-likeness (QED) is 0.713. The van der Waals surface area contributed by atoms with Gasteiger partial charge in [-0.1, -0.05) is 38.1 Å². The van der Waals surface area contributed by atoms with Gasteiger partial charge >= 0.3 is 6.09 Å². The molecule has 2 aliphatic rings. The molecule has 3 rings (SSSR count). The van der Waals surface area contributed by atoms with Crippen molar-refractivity contribution in [1.82, 2.24) is 14.8 Å². The topological polar surface area (TPSA) is 62.7 Å². The molecule has 0 bridgehead atoms. The number of cyclic esters (lactones) is 1. The van der Waals surface area contributed by atoms with E-state index >= 15 is 0 Å². The van der Waals surface area contributed by atoms with E-state index in [0.717, 1.165) is 24.3 Å². The minimum absolute atomic E-state index is 0.140. The molecule has 2 atom stereocenters. The van der Waals surface area contributed by atoms with Gasteiger partial charge in [-0.3, -0.25) is 9.69 Å². The van der Waals surface area contributed by atoms with E-state index in [0.29, 0.717) is 31.4 Å². The van der Waals surface area contributed by atoms with E-state index in [4.69, 9.17) is 4.74 Å². The molecule has 2 fully saturated rings. The Kier molecular flexibility index (Phi) is 6.40. The predicted molar refractivity (Wildman–Crippen MR) is 101 cm³/mol. The summed E-state index contributed by atoms with van der Waals surface area (Å²) in [6, 6.07) is 6.05. The molecule has 0 spiro atoms. The number of nitrogens with zero attached hydrogens (tertiary/aromatic N) is 3. The van der Waals surface area contributed by atoms with Crippen LogP contribution in [-0.4, -0.2) is 64.3 Å². The molecule has 2 unspecified atom stereocenters. The van der Waals surface area contributed by atoms with Gasteiger partial charge in [0.2, 0.25) is 5.91 Å². The standard InChI is InChI=1S/C19H27N3O3S/c1-3-14(2)16-12-25-19(24)22(16)15-7-10-21(11-8-15)18(23)13-26-17-6-4-5-9-20-17/h4-6,9,14-16H,3,7-8,10-13H2,1-2H3. The Morgan fingerprint density at radius 3 is 2.81 bits per heavy atom. The monoisotopic (exact) mass is 377 g/mol. The molecule has 2 aliphatic heterocycles. The average Bonchev–Trinajstić information content (AvgIpc) is 3.08. The van der Waals surface area contributed by atoms with Crippen LogP contribution in [0.15, 0.2) is 29.4 Å². The molecule has 0 radical (unpaired) electrons. The summed E-state index contributed by atoms with van der Waals surface area (Å²) in [4.78, 5) is 32.7. The molecule has 142 valence electrons. The lowest BCUT2D eigenvalue weighted by Gasteiger charge is -2.39. The number of aromatic nitrogens is 1. The fourth-order valence-corrected chi connectivity index (χ4v) is 4.39. The first kappa shape index (κ1) is 19.0. The molecule has 0 saturated carbocycles. The van der Waals surface area contributed by atoms with Gasteiger partial charge in [-0.05, 0) is 30.9 Å². The number of hydrogen-bond donors (Lipinski definition) is 0. The van der Waals surface area contributed by atoms with Crippen molar-refractivity contribution in [2.24, 2.45) is 5.92 Å². The largest absolute Gasteiger partial charge is 0.447 e.